The molecule has 0 fully saturated rings. The van der Waals surface area contributed by atoms with E-state index < -0.39 is 46.1 Å². The highest BCUT2D eigenvalue weighted by atomic mass is 32.2. The average molecular weight is 642 g/mol. The van der Waals surface area contributed by atoms with E-state index in [0.29, 0.717) is 5.56 Å². The highest BCUT2D eigenvalue weighted by Gasteiger charge is 2.23. The molecule has 0 aliphatic rings. The molecule has 0 unspecified atom stereocenters. The molecule has 0 saturated heterocycles. The number of phenolic OH excluding ortho intramolecular Hbond substituents is 1. The number of hydrogen-bond acceptors (Lipinski definition) is 12. The first kappa shape index (κ1) is 31.2. The van der Waals surface area contributed by atoms with Crippen molar-refractivity contribution < 1.29 is 34.9 Å². The first-order valence-electron chi connectivity index (χ1n) is 11.9. The highest BCUT2D eigenvalue weighted by Crippen LogP contribution is 2.45. The molecule has 4 N–H and O–H groups in total. The number of nitrogens with zero attached hydrogens (tertiary/aromatic N) is 4. The van der Waals surface area contributed by atoms with E-state index in [9.17, 15) is 34.9 Å². The predicted molar refractivity (Wildman–Crippen MR) is 161 cm³/mol. The van der Waals surface area contributed by atoms with Crippen molar-refractivity contribution in [3.05, 3.63) is 90.2 Å². The number of nitrogens with two attached hydrogens (primary N) is 1. The van der Waals surface area contributed by atoms with Gasteiger partial charge in [-0.05, 0) is 72.5 Å². The zero-order chi connectivity index (χ0) is 31.7. The predicted octanol–water partition coefficient (Wildman–Crippen LogP) is 6.35. The van der Waals surface area contributed by atoms with Crippen molar-refractivity contribution in [1.82, 2.24) is 0 Å². The van der Waals surface area contributed by atoms with E-state index in [4.69, 9.17) is 5.73 Å². The van der Waals surface area contributed by atoms with E-state index >= 15 is 0 Å². The number of aromatic hydroxyl groups is 1. The molecular weight excluding hydrogens is 619 g/mol. The lowest BCUT2D eigenvalue weighted by molar-refractivity contribution is 0.481. The van der Waals surface area contributed by atoms with E-state index in [1.807, 2.05) is 0 Å². The van der Waals surface area contributed by atoms with Gasteiger partial charge in [-0.15, -0.1) is 10.2 Å². The number of hydrogen-bond donors (Lipinski definition) is 3. The van der Waals surface area contributed by atoms with Crippen molar-refractivity contribution in [1.29, 1.82) is 0 Å². The van der Waals surface area contributed by atoms with Gasteiger partial charge < -0.3 is 10.8 Å². The molecule has 0 radical (unpaired) electrons. The van der Waals surface area contributed by atoms with E-state index in [-0.39, 0.29) is 43.3 Å². The third kappa shape index (κ3) is 6.36. The van der Waals surface area contributed by atoms with E-state index in [1.165, 1.54) is 54.6 Å². The van der Waals surface area contributed by atoms with Crippen LogP contribution < -0.4 is 5.73 Å². The fourth-order valence-corrected chi connectivity index (χ4v) is 6.04. The Hall–Kier alpha value is -4.77. The van der Waals surface area contributed by atoms with Crippen LogP contribution in [0.1, 0.15) is 5.56 Å². The summed E-state index contributed by atoms with van der Waals surface area (Å²) in [6.07, 6.45) is 0. The van der Waals surface area contributed by atoms with Crippen LogP contribution in [0.15, 0.2) is 120 Å². The molecule has 4 aromatic rings. The highest BCUT2D eigenvalue weighted by molar-refractivity contribution is 7.94. The van der Waals surface area contributed by atoms with Crippen molar-refractivity contribution in [2.45, 2.75) is 21.6 Å². The Kier molecular flexibility index (Phi) is 8.33. The van der Waals surface area contributed by atoms with Crippen LogP contribution in [-0.2, 0) is 29.8 Å². The fraction of sp³-hybridized carbons (Fsp3) is 0.0370. The normalized spacial score (nSPS) is 12.7. The number of anilines is 1. The Morgan fingerprint density at radius 3 is 1.88 bits per heavy atom. The number of fused-ring (bicyclic) bond motifs is 1. The van der Waals surface area contributed by atoms with E-state index in [0.717, 1.165) is 16.9 Å². The SMILES string of the molecule is C=CS(=O)(=O)c1ccc(N=Nc2ccc3cc(S(=O)(=O)O)c(N=Nc4ccc(S(=O)(=O)C=C)cc4C)c(N)c3c2O)cc1. The molecule has 4 aromatic carbocycles. The van der Waals surface area contributed by atoms with Gasteiger partial charge in [0, 0.05) is 10.8 Å². The van der Waals surface area contributed by atoms with Gasteiger partial charge in [-0.2, -0.15) is 18.6 Å². The molecule has 16 heteroatoms. The van der Waals surface area contributed by atoms with Crippen molar-refractivity contribution in [2.24, 2.45) is 20.5 Å². The molecule has 4 rings (SSSR count). The maximum atomic E-state index is 12.2. The van der Waals surface area contributed by atoms with Crippen LogP contribution in [0.25, 0.3) is 10.8 Å². The van der Waals surface area contributed by atoms with Gasteiger partial charge >= 0.3 is 0 Å². The van der Waals surface area contributed by atoms with Gasteiger partial charge in [0.2, 0.25) is 0 Å². The van der Waals surface area contributed by atoms with Gasteiger partial charge in [-0.3, -0.25) is 4.55 Å². The Bertz CT molecular complexity index is 2190. The van der Waals surface area contributed by atoms with Gasteiger partial charge in [0.25, 0.3) is 10.1 Å². The molecular formula is C27H23N5O8S3. The molecule has 13 nitrogen and oxygen atoms in total. The van der Waals surface area contributed by atoms with Crippen molar-refractivity contribution in [3.63, 3.8) is 0 Å². The Labute approximate surface area is 247 Å². The molecule has 43 heavy (non-hydrogen) atoms. The number of aryl methyl sites for hydroxylation is 1. The van der Waals surface area contributed by atoms with Crippen LogP contribution in [0.2, 0.25) is 0 Å². The number of benzene rings is 4. The standard InChI is InChI=1S/C27H23N5O8S3/c1-4-41(34,35)19-9-7-18(8-10-19)29-31-22-12-6-17-15-23(43(38,39)40)26(25(28)24(17)27(22)33)32-30-21-13-11-20(14-16(21)3)42(36,37)5-2/h4-15,33H,1-2,28H2,3H3,(H,38,39,40). The lowest BCUT2D eigenvalue weighted by atomic mass is 10.1. The minimum atomic E-state index is -4.87. The van der Waals surface area contributed by atoms with Gasteiger partial charge in [0.15, 0.2) is 25.4 Å². The average Bonchev–Trinajstić information content (AvgIpc) is 2.96. The number of nitrogen functional groups attached to an aromatic ring is 1. The molecule has 0 atom stereocenters. The molecule has 0 heterocycles. The fourth-order valence-electron chi connectivity index (χ4n) is 3.87. The Morgan fingerprint density at radius 2 is 1.30 bits per heavy atom. The van der Waals surface area contributed by atoms with Gasteiger partial charge in [0.1, 0.15) is 16.3 Å². The monoisotopic (exact) mass is 641 g/mol. The van der Waals surface area contributed by atoms with Crippen molar-refractivity contribution in [2.75, 3.05) is 5.73 Å². The van der Waals surface area contributed by atoms with Crippen LogP contribution in [-0.4, -0.2) is 34.9 Å². The zero-order valence-corrected chi connectivity index (χ0v) is 24.7. The topological polar surface area (TPSA) is 218 Å². The number of azo groups is 2. The number of sulfone groups is 2. The lowest BCUT2D eigenvalue weighted by Gasteiger charge is -2.12. The van der Waals surface area contributed by atoms with Crippen molar-refractivity contribution in [3.8, 4) is 5.75 Å². The molecule has 0 spiro atoms. The minimum Gasteiger partial charge on any atom is -0.505 e. The quantitative estimate of drug-likeness (QED) is 0.105. The summed E-state index contributed by atoms with van der Waals surface area (Å²) in [5, 5.41) is 28.6. The summed E-state index contributed by atoms with van der Waals surface area (Å²) in [5.74, 6) is -0.488. The Morgan fingerprint density at radius 1 is 0.744 bits per heavy atom. The summed E-state index contributed by atoms with van der Waals surface area (Å²) in [5.41, 5.74) is 6.14. The second-order valence-corrected chi connectivity index (χ2v) is 14.1. The first-order chi connectivity index (χ1) is 20.1. The van der Waals surface area contributed by atoms with Gasteiger partial charge in [-0.25, -0.2) is 16.8 Å². The number of rotatable bonds is 9. The molecule has 0 aliphatic heterocycles. The van der Waals surface area contributed by atoms with Crippen molar-refractivity contribution >= 4 is 69.0 Å². The van der Waals surface area contributed by atoms with Crippen LogP contribution in [0.5, 0.6) is 5.75 Å². The summed E-state index contributed by atoms with van der Waals surface area (Å²) in [7, 11) is -12.2. The second-order valence-electron chi connectivity index (χ2n) is 8.91. The van der Waals surface area contributed by atoms with Crippen LogP contribution >= 0.6 is 0 Å². The molecule has 0 aromatic heterocycles. The molecule has 0 saturated carbocycles. The first-order valence-corrected chi connectivity index (χ1v) is 16.5. The minimum absolute atomic E-state index is 0.00652. The largest absolute Gasteiger partial charge is 0.505 e. The van der Waals surface area contributed by atoms with Gasteiger partial charge in [0.05, 0.1) is 32.2 Å². The van der Waals surface area contributed by atoms with Crippen LogP contribution in [0, 0.1) is 6.92 Å². The smallest absolute Gasteiger partial charge is 0.296 e. The molecule has 222 valence electrons. The molecule has 0 aliphatic carbocycles. The van der Waals surface area contributed by atoms with E-state index in [2.05, 4.69) is 33.6 Å². The van der Waals surface area contributed by atoms with E-state index in [1.54, 1.807) is 6.92 Å². The maximum Gasteiger partial charge on any atom is 0.296 e. The third-order valence-electron chi connectivity index (χ3n) is 6.14. The summed E-state index contributed by atoms with van der Waals surface area (Å²) in [6, 6.07) is 13.1. The molecule has 0 amide bonds. The molecule has 0 bridgehead atoms. The zero-order valence-electron chi connectivity index (χ0n) is 22.3. The maximum absolute atomic E-state index is 12.2. The lowest BCUT2D eigenvalue weighted by Crippen LogP contribution is -2.01. The summed E-state index contributed by atoms with van der Waals surface area (Å²) < 4.78 is 82.2. The summed E-state index contributed by atoms with van der Waals surface area (Å²) in [4.78, 5) is -0.715. The van der Waals surface area contributed by atoms with Gasteiger partial charge in [-0.1, -0.05) is 19.2 Å². The van der Waals surface area contributed by atoms with Crippen LogP contribution in [0.3, 0.4) is 0 Å². The Balaban J connectivity index is 1.80. The summed E-state index contributed by atoms with van der Waals surface area (Å²) in [6.45, 7) is 8.10. The number of phenols is 1. The second kappa shape index (κ2) is 11.5. The summed E-state index contributed by atoms with van der Waals surface area (Å²) >= 11 is 0. The van der Waals surface area contributed by atoms with Crippen LogP contribution in [0.4, 0.5) is 28.4 Å². The third-order valence-corrected chi connectivity index (χ3v) is 9.73.